The topological polar surface area (TPSA) is 110 Å². The third kappa shape index (κ3) is 6.13. The molecule has 0 atom stereocenters. The molecule has 1 aromatic carbocycles. The van der Waals surface area contributed by atoms with E-state index in [4.69, 9.17) is 5.73 Å². The lowest BCUT2D eigenvalue weighted by molar-refractivity contribution is -0.384. The van der Waals surface area contributed by atoms with Crippen LogP contribution >= 0.6 is 12.4 Å². The predicted molar refractivity (Wildman–Crippen MR) is 96.5 cm³/mol. The molecule has 0 heterocycles. The first-order valence-corrected chi connectivity index (χ1v) is 8.24. The van der Waals surface area contributed by atoms with Gasteiger partial charge in [-0.3, -0.25) is 14.9 Å². The van der Waals surface area contributed by atoms with Gasteiger partial charge in [-0.1, -0.05) is 25.7 Å². The van der Waals surface area contributed by atoms with Crippen LogP contribution in [0.1, 0.15) is 48.9 Å². The van der Waals surface area contributed by atoms with Crippen LogP contribution in [0.25, 0.3) is 0 Å². The number of amides is 1. The summed E-state index contributed by atoms with van der Waals surface area (Å²) in [5, 5.41) is 16.8. The van der Waals surface area contributed by atoms with E-state index >= 15 is 0 Å². The van der Waals surface area contributed by atoms with Crippen molar-refractivity contribution in [3.05, 3.63) is 33.6 Å². The van der Waals surface area contributed by atoms with Crippen LogP contribution in [0.2, 0.25) is 0 Å². The van der Waals surface area contributed by atoms with Crippen molar-refractivity contribution in [3.8, 4) is 0 Å². The monoisotopic (exact) mass is 374 g/mol. The minimum absolute atomic E-state index is 0. The Labute approximate surface area is 152 Å². The molecular formula is C16H24ClFN4O3. The highest BCUT2D eigenvalue weighted by Crippen LogP contribution is 2.26. The molecule has 1 amide bonds. The minimum atomic E-state index is -0.863. The summed E-state index contributed by atoms with van der Waals surface area (Å²) in [7, 11) is 0. The van der Waals surface area contributed by atoms with Gasteiger partial charge in [-0.15, -0.1) is 12.4 Å². The molecule has 4 N–H and O–H groups in total. The van der Waals surface area contributed by atoms with Crippen LogP contribution < -0.4 is 16.4 Å². The fourth-order valence-corrected chi connectivity index (χ4v) is 2.97. The van der Waals surface area contributed by atoms with Gasteiger partial charge in [-0.2, -0.15) is 0 Å². The lowest BCUT2D eigenvalue weighted by Gasteiger charge is -2.16. The Morgan fingerprint density at radius 1 is 1.24 bits per heavy atom. The molecule has 0 aliphatic heterocycles. The van der Waals surface area contributed by atoms with E-state index in [9.17, 15) is 19.3 Å². The van der Waals surface area contributed by atoms with E-state index in [0.29, 0.717) is 25.2 Å². The molecule has 1 aliphatic rings. The van der Waals surface area contributed by atoms with E-state index in [1.165, 1.54) is 25.7 Å². The second kappa shape index (κ2) is 10.1. The molecule has 1 aliphatic carbocycles. The van der Waals surface area contributed by atoms with Gasteiger partial charge in [-0.25, -0.2) is 4.39 Å². The quantitative estimate of drug-likeness (QED) is 0.233. The maximum atomic E-state index is 13.4. The van der Waals surface area contributed by atoms with Crippen LogP contribution in [-0.4, -0.2) is 30.0 Å². The van der Waals surface area contributed by atoms with Crippen LogP contribution in [0.4, 0.5) is 15.8 Å². The maximum absolute atomic E-state index is 13.4. The van der Waals surface area contributed by atoms with E-state index in [1.807, 2.05) is 0 Å². The normalized spacial score (nSPS) is 15.1. The summed E-state index contributed by atoms with van der Waals surface area (Å²) in [6.45, 7) is 0.937. The zero-order valence-corrected chi connectivity index (χ0v) is 14.7. The molecule has 0 unspecified atom stereocenters. The molecule has 25 heavy (non-hydrogen) atoms. The molecule has 140 valence electrons. The van der Waals surface area contributed by atoms with Gasteiger partial charge in [-0.05, 0) is 18.9 Å². The number of hydrogen-bond acceptors (Lipinski definition) is 5. The van der Waals surface area contributed by atoms with Crippen molar-refractivity contribution < 1.29 is 14.1 Å². The van der Waals surface area contributed by atoms with Crippen molar-refractivity contribution in [2.75, 3.05) is 18.8 Å². The maximum Gasteiger partial charge on any atom is 0.295 e. The largest absolute Gasteiger partial charge is 0.393 e. The predicted octanol–water partition coefficient (Wildman–Crippen LogP) is 2.78. The fraction of sp³-hybridized carbons (Fsp3) is 0.562. The number of hydrogen-bond donors (Lipinski definition) is 3. The lowest BCUT2D eigenvalue weighted by atomic mass is 10.1. The van der Waals surface area contributed by atoms with E-state index < -0.39 is 22.3 Å². The molecule has 0 aromatic heterocycles. The van der Waals surface area contributed by atoms with Gasteiger partial charge in [0.2, 0.25) is 0 Å². The number of nitro groups is 1. The first kappa shape index (κ1) is 21.1. The van der Waals surface area contributed by atoms with Crippen molar-refractivity contribution in [2.45, 2.75) is 44.6 Å². The summed E-state index contributed by atoms with van der Waals surface area (Å²) in [6, 6.07) is 2.08. The fourth-order valence-electron chi connectivity index (χ4n) is 2.97. The van der Waals surface area contributed by atoms with Crippen LogP contribution in [0, 0.1) is 15.9 Å². The van der Waals surface area contributed by atoms with Crippen LogP contribution in [0.3, 0.4) is 0 Å². The third-order valence-electron chi connectivity index (χ3n) is 4.26. The number of anilines is 1. The molecule has 1 aromatic rings. The summed E-state index contributed by atoms with van der Waals surface area (Å²) < 4.78 is 13.4. The highest BCUT2D eigenvalue weighted by Gasteiger charge is 2.21. The van der Waals surface area contributed by atoms with Gasteiger partial charge in [0.05, 0.1) is 16.6 Å². The molecule has 0 spiro atoms. The number of carbonyl (C=O) groups excluding carboxylic acids is 1. The number of halogens is 2. The Morgan fingerprint density at radius 2 is 1.88 bits per heavy atom. The van der Waals surface area contributed by atoms with E-state index in [1.54, 1.807) is 0 Å². The van der Waals surface area contributed by atoms with Crippen LogP contribution in [0.15, 0.2) is 12.1 Å². The average Bonchev–Trinajstić information content (AvgIpc) is 2.81. The van der Waals surface area contributed by atoms with Gasteiger partial charge in [0, 0.05) is 19.1 Å². The molecule has 7 nitrogen and oxygen atoms in total. The second-order valence-electron chi connectivity index (χ2n) is 6.04. The van der Waals surface area contributed by atoms with Crippen LogP contribution in [0.5, 0.6) is 0 Å². The summed E-state index contributed by atoms with van der Waals surface area (Å²) in [6.07, 6.45) is 7.24. The SMILES string of the molecule is Cl.Nc1c(C(=O)NCCNC2CCCCCC2)cc(F)cc1[N+](=O)[O-]. The van der Waals surface area contributed by atoms with E-state index in [0.717, 1.165) is 18.9 Å². The standard InChI is InChI=1S/C16H23FN4O3.ClH/c17-11-9-13(15(18)14(10-11)21(23)24)16(22)20-8-7-19-12-5-3-1-2-4-6-12;/h9-10,12,19H,1-8,18H2,(H,20,22);1H. The second-order valence-corrected chi connectivity index (χ2v) is 6.04. The molecule has 0 radical (unpaired) electrons. The molecular weight excluding hydrogens is 351 g/mol. The Kier molecular flexibility index (Phi) is 8.57. The number of benzene rings is 1. The number of nitrogens with one attached hydrogen (secondary N) is 2. The van der Waals surface area contributed by atoms with Gasteiger partial charge in [0.1, 0.15) is 11.5 Å². The van der Waals surface area contributed by atoms with Crippen molar-refractivity contribution in [2.24, 2.45) is 0 Å². The van der Waals surface area contributed by atoms with E-state index in [-0.39, 0.29) is 23.7 Å². The molecule has 1 saturated carbocycles. The summed E-state index contributed by atoms with van der Waals surface area (Å²) in [5.74, 6) is -1.48. The molecule has 1 fully saturated rings. The zero-order chi connectivity index (χ0) is 17.5. The van der Waals surface area contributed by atoms with Gasteiger partial charge < -0.3 is 16.4 Å². The first-order valence-electron chi connectivity index (χ1n) is 8.24. The first-order chi connectivity index (χ1) is 11.5. The Hall–Kier alpha value is -1.93. The lowest BCUT2D eigenvalue weighted by Crippen LogP contribution is -2.37. The smallest absolute Gasteiger partial charge is 0.295 e. The average molecular weight is 375 g/mol. The zero-order valence-electron chi connectivity index (χ0n) is 13.9. The third-order valence-corrected chi connectivity index (χ3v) is 4.26. The van der Waals surface area contributed by atoms with E-state index in [2.05, 4.69) is 10.6 Å². The highest BCUT2D eigenvalue weighted by molar-refractivity contribution is 6.01. The molecule has 2 rings (SSSR count). The minimum Gasteiger partial charge on any atom is -0.393 e. The number of nitrogens with zero attached hydrogens (tertiary/aromatic N) is 1. The number of nitrogen functional groups attached to an aromatic ring is 1. The Bertz CT molecular complexity index is 607. The summed E-state index contributed by atoms with van der Waals surface area (Å²) >= 11 is 0. The number of nitro benzene ring substituents is 1. The van der Waals surface area contributed by atoms with Gasteiger partial charge in [0.15, 0.2) is 0 Å². The van der Waals surface area contributed by atoms with Crippen molar-refractivity contribution in [1.29, 1.82) is 0 Å². The number of rotatable bonds is 6. The van der Waals surface area contributed by atoms with Crippen molar-refractivity contribution in [1.82, 2.24) is 10.6 Å². The van der Waals surface area contributed by atoms with Gasteiger partial charge in [0.25, 0.3) is 11.6 Å². The number of nitrogens with two attached hydrogens (primary N) is 1. The Morgan fingerprint density at radius 3 is 2.48 bits per heavy atom. The summed E-state index contributed by atoms with van der Waals surface area (Å²) in [4.78, 5) is 22.1. The highest BCUT2D eigenvalue weighted by atomic mass is 35.5. The van der Waals surface area contributed by atoms with Crippen molar-refractivity contribution in [3.63, 3.8) is 0 Å². The molecule has 0 bridgehead atoms. The van der Waals surface area contributed by atoms with Crippen LogP contribution in [-0.2, 0) is 0 Å². The van der Waals surface area contributed by atoms with Crippen molar-refractivity contribution >= 4 is 29.7 Å². The number of carbonyl (C=O) groups is 1. The Balaban J connectivity index is 0.00000312. The summed E-state index contributed by atoms with van der Waals surface area (Å²) in [5.41, 5.74) is 4.47. The molecule has 9 heteroatoms. The van der Waals surface area contributed by atoms with Gasteiger partial charge >= 0.3 is 0 Å². The molecule has 0 saturated heterocycles.